The number of rotatable bonds is 20. The van der Waals surface area contributed by atoms with Crippen LogP contribution < -0.4 is 20.7 Å². The summed E-state index contributed by atoms with van der Waals surface area (Å²) in [6, 6.07) is 20.4. The van der Waals surface area contributed by atoms with Gasteiger partial charge in [-0.1, -0.05) is 74.8 Å². The minimum absolute atomic E-state index is 0.0275. The average Bonchev–Trinajstić information content (AvgIpc) is 4.17. The van der Waals surface area contributed by atoms with Crippen LogP contribution in [0.4, 0.5) is 5.69 Å². The molecule has 0 aliphatic carbocycles. The topological polar surface area (TPSA) is 191 Å². The largest absolute Gasteiger partial charge is 0.491 e. The quantitative estimate of drug-likeness (QED) is 0.0621. The van der Waals surface area contributed by atoms with Crippen LogP contribution in [0.25, 0.3) is 15.4 Å². The van der Waals surface area contributed by atoms with Gasteiger partial charge in [-0.05, 0) is 100 Å². The summed E-state index contributed by atoms with van der Waals surface area (Å²) in [5, 5.41) is 19.5. The van der Waals surface area contributed by atoms with Gasteiger partial charge in [0.2, 0.25) is 23.6 Å². The molecule has 16 nitrogen and oxygen atoms in total. The number of likely N-dealkylation sites (tertiary alicyclic amines) is 1. The second-order valence-corrected chi connectivity index (χ2v) is 22.2. The van der Waals surface area contributed by atoms with Crippen molar-refractivity contribution in [1.29, 1.82) is 0 Å². The minimum atomic E-state index is -0.860. The van der Waals surface area contributed by atoms with Gasteiger partial charge in [-0.3, -0.25) is 28.7 Å². The highest BCUT2D eigenvalue weighted by atomic mass is 35.5. The van der Waals surface area contributed by atoms with Gasteiger partial charge in [-0.25, -0.2) is 4.98 Å². The van der Waals surface area contributed by atoms with Crippen molar-refractivity contribution in [3.05, 3.63) is 128 Å². The number of thiazole rings is 1. The predicted molar refractivity (Wildman–Crippen MR) is 290 cm³/mol. The van der Waals surface area contributed by atoms with Crippen LogP contribution in [0.1, 0.15) is 110 Å². The van der Waals surface area contributed by atoms with E-state index in [1.165, 1.54) is 0 Å². The zero-order chi connectivity index (χ0) is 52.7. The Morgan fingerprint density at radius 1 is 0.878 bits per heavy atom. The van der Waals surface area contributed by atoms with Gasteiger partial charge in [-0.15, -0.1) is 32.9 Å². The zero-order valence-electron chi connectivity index (χ0n) is 43.1. The van der Waals surface area contributed by atoms with E-state index < -0.39 is 29.4 Å². The van der Waals surface area contributed by atoms with Crippen molar-refractivity contribution in [2.45, 2.75) is 105 Å². The number of anilines is 1. The van der Waals surface area contributed by atoms with Crippen LogP contribution in [0.5, 0.6) is 5.75 Å². The molecular formula is C55H64ClN9O7S2. The predicted octanol–water partition coefficient (Wildman–Crippen LogP) is 9.46. The summed E-state index contributed by atoms with van der Waals surface area (Å²) >= 11 is 9.51. The molecule has 1 unspecified atom stereocenters. The van der Waals surface area contributed by atoms with Crippen LogP contribution >= 0.6 is 34.3 Å². The minimum Gasteiger partial charge on any atom is -0.491 e. The Bertz CT molecular complexity index is 3000. The number of aromatic nitrogens is 4. The van der Waals surface area contributed by atoms with E-state index in [4.69, 9.17) is 30.8 Å². The Balaban J connectivity index is 0.751. The fraction of sp³-hybridized carbons (Fsp3) is 0.418. The molecule has 0 bridgehead atoms. The molecule has 0 radical (unpaired) electrons. The van der Waals surface area contributed by atoms with Crippen LogP contribution in [0, 0.1) is 33.1 Å². The van der Waals surface area contributed by atoms with Crippen molar-refractivity contribution in [1.82, 2.24) is 35.3 Å². The van der Waals surface area contributed by atoms with Crippen LogP contribution in [0.3, 0.4) is 0 Å². The highest BCUT2D eigenvalue weighted by molar-refractivity contribution is 7.15. The summed E-state index contributed by atoms with van der Waals surface area (Å²) in [5.74, 6) is 0.709. The van der Waals surface area contributed by atoms with E-state index >= 15 is 0 Å². The van der Waals surface area contributed by atoms with Crippen LogP contribution in [-0.4, -0.2) is 106 Å². The number of hydrogen-bond acceptors (Lipinski definition) is 13. The lowest BCUT2D eigenvalue weighted by Gasteiger charge is -2.35. The lowest BCUT2D eigenvalue weighted by molar-refractivity contribution is -0.144. The number of amides is 4. The molecule has 5 heterocycles. The van der Waals surface area contributed by atoms with Gasteiger partial charge in [0.25, 0.3) is 0 Å². The van der Waals surface area contributed by atoms with E-state index in [9.17, 15) is 19.2 Å². The first-order valence-corrected chi connectivity index (χ1v) is 27.0. The normalized spacial score (nSPS) is 16.1. The van der Waals surface area contributed by atoms with E-state index in [0.717, 1.165) is 54.0 Å². The third-order valence-corrected chi connectivity index (χ3v) is 15.6. The van der Waals surface area contributed by atoms with Gasteiger partial charge in [0.1, 0.15) is 47.9 Å². The number of carbonyl (C=O) groups excluding carboxylic acids is 4. The molecule has 4 atom stereocenters. The highest BCUT2D eigenvalue weighted by Crippen LogP contribution is 2.40. The summed E-state index contributed by atoms with van der Waals surface area (Å²) in [4.78, 5) is 68.0. The highest BCUT2D eigenvalue weighted by Gasteiger charge is 2.42. The number of fused-ring (bicyclic) bond motifs is 3. The molecule has 8 rings (SSSR count). The maximum atomic E-state index is 14.1. The van der Waals surface area contributed by atoms with Gasteiger partial charge < -0.3 is 35.1 Å². The van der Waals surface area contributed by atoms with Crippen molar-refractivity contribution in [2.24, 2.45) is 10.4 Å². The molecule has 0 saturated carbocycles. The molecule has 2 aliphatic heterocycles. The fourth-order valence-electron chi connectivity index (χ4n) is 9.15. The molecule has 0 spiro atoms. The molecular weight excluding hydrogens is 998 g/mol. The van der Waals surface area contributed by atoms with Gasteiger partial charge in [0.05, 0.1) is 40.9 Å². The molecule has 19 heteroatoms. The first-order chi connectivity index (χ1) is 35.5. The maximum absolute atomic E-state index is 14.1. The van der Waals surface area contributed by atoms with E-state index in [-0.39, 0.29) is 50.0 Å². The molecule has 6 aromatic rings. The second-order valence-electron chi connectivity index (χ2n) is 19.7. The third kappa shape index (κ3) is 12.8. The Kier molecular flexibility index (Phi) is 17.4. The summed E-state index contributed by atoms with van der Waals surface area (Å²) < 4.78 is 19.4. The molecule has 3 aromatic carbocycles. The van der Waals surface area contributed by atoms with Crippen molar-refractivity contribution in [3.63, 3.8) is 0 Å². The smallest absolute Gasteiger partial charge is 0.246 e. The molecule has 1 saturated heterocycles. The number of nitrogens with one attached hydrogen (secondary N) is 3. The van der Waals surface area contributed by atoms with E-state index in [2.05, 4.69) is 45.0 Å². The lowest BCUT2D eigenvalue weighted by Crippen LogP contribution is -2.58. The van der Waals surface area contributed by atoms with Gasteiger partial charge in [0.15, 0.2) is 5.82 Å². The Morgan fingerprint density at radius 3 is 2.35 bits per heavy atom. The Labute approximate surface area is 445 Å². The van der Waals surface area contributed by atoms with Crippen LogP contribution in [-0.2, 0) is 28.7 Å². The number of thiophene rings is 1. The number of aliphatic imine (C=N–C) groups is 1. The summed E-state index contributed by atoms with van der Waals surface area (Å²) in [5.41, 5.74) is 8.57. The number of benzene rings is 3. The maximum Gasteiger partial charge on any atom is 0.246 e. The number of halogens is 1. The molecule has 3 N–H and O–H groups in total. The monoisotopic (exact) mass is 1060 g/mol. The lowest BCUT2D eigenvalue weighted by atomic mass is 9.85. The molecule has 4 amide bonds. The number of ether oxygens (including phenoxy) is 3. The molecule has 3 aromatic heterocycles. The van der Waals surface area contributed by atoms with Crippen LogP contribution in [0.15, 0.2) is 83.3 Å². The second kappa shape index (κ2) is 23.9. The van der Waals surface area contributed by atoms with Crippen molar-refractivity contribution < 1.29 is 33.4 Å². The van der Waals surface area contributed by atoms with Crippen LogP contribution in [0.2, 0.25) is 5.02 Å². The van der Waals surface area contributed by atoms with E-state index in [0.29, 0.717) is 67.1 Å². The summed E-state index contributed by atoms with van der Waals surface area (Å²) in [7, 11) is 0. The SMILES string of the molecule is Cc1ncsc1-c1ccc([C@H](C)NC(=O)[C@@H]2CCCN2C(=O)C(NC(=O)COCCCOCCOc2cccc(NC(=O)C[C@@H]3N=C(c4ccc(Cl)cc4)c4c(sc(C)c4C)-n4c(C)nnc43)c2)C(C)(C)C)cc1. The molecule has 1 fully saturated rings. The van der Waals surface area contributed by atoms with E-state index in [1.807, 2.05) is 106 Å². The number of aryl methyl sites for hydroxylation is 3. The summed E-state index contributed by atoms with van der Waals surface area (Å²) in [6.45, 7) is 17.1. The fourth-order valence-corrected chi connectivity index (χ4v) is 11.3. The van der Waals surface area contributed by atoms with Crippen molar-refractivity contribution in [2.75, 3.05) is 44.9 Å². The van der Waals surface area contributed by atoms with Gasteiger partial charge in [-0.2, -0.15) is 0 Å². The first kappa shape index (κ1) is 54.0. The van der Waals surface area contributed by atoms with E-state index in [1.54, 1.807) is 45.8 Å². The summed E-state index contributed by atoms with van der Waals surface area (Å²) in [6.07, 6.45) is 1.79. The third-order valence-electron chi connectivity index (χ3n) is 13.2. The molecule has 2 aliphatic rings. The molecule has 390 valence electrons. The van der Waals surface area contributed by atoms with Crippen molar-refractivity contribution >= 4 is 69.3 Å². The zero-order valence-corrected chi connectivity index (χ0v) is 45.5. The number of hydrogen-bond donors (Lipinski definition) is 3. The van der Waals surface area contributed by atoms with Gasteiger partial charge in [0, 0.05) is 52.5 Å². The standard InChI is InChI=1S/C55H64ClN9O7S2/c1-32-35(4)74-54-47(32)48(38-19-21-40(56)22-20-38)60-43(51-63-62-36(5)65(51)54)29-45(66)59-41-12-9-13-42(28-41)72-27-26-70-24-11-25-71-30-46(67)61-50(55(6,7)8)53(69)64-23-10-14-44(64)52(68)58-33(2)37-15-17-39(18-16-37)49-34(3)57-31-73-49/h9,12-13,15-22,28,31,33,43-44,50H,10-11,14,23-27,29-30H2,1-8H3,(H,58,68)(H,59,66)(H,61,67)/t33-,43-,44-,50?/m0/s1. The Hall–Kier alpha value is -6.31. The van der Waals surface area contributed by atoms with Crippen molar-refractivity contribution in [3.8, 4) is 21.2 Å². The Morgan fingerprint density at radius 2 is 1.62 bits per heavy atom. The average molecular weight is 1060 g/mol. The van der Waals surface area contributed by atoms with Gasteiger partial charge >= 0.3 is 0 Å². The number of nitrogens with zero attached hydrogens (tertiary/aromatic N) is 6. The first-order valence-electron chi connectivity index (χ1n) is 24.9. The number of carbonyl (C=O) groups is 4. The molecule has 74 heavy (non-hydrogen) atoms.